The first-order chi connectivity index (χ1) is 8.79. The number of ether oxygens (including phenoxy) is 1. The molecule has 1 atom stereocenters. The summed E-state index contributed by atoms with van der Waals surface area (Å²) >= 11 is 0. The SMILES string of the molecule is CC(C#N)Nc1ccccc1Oc1ccccc1. The van der Waals surface area contributed by atoms with Crippen LogP contribution in [-0.4, -0.2) is 6.04 Å². The van der Waals surface area contributed by atoms with Crippen molar-refractivity contribution in [3.8, 4) is 17.6 Å². The summed E-state index contributed by atoms with van der Waals surface area (Å²) in [6.45, 7) is 1.80. The van der Waals surface area contributed by atoms with Crippen LogP contribution in [0.5, 0.6) is 11.5 Å². The Morgan fingerprint density at radius 2 is 1.72 bits per heavy atom. The van der Waals surface area contributed by atoms with Crippen LogP contribution in [0.4, 0.5) is 5.69 Å². The molecule has 2 aromatic carbocycles. The molecule has 1 N–H and O–H groups in total. The first kappa shape index (κ1) is 12.0. The fourth-order valence-corrected chi connectivity index (χ4v) is 1.56. The Morgan fingerprint density at radius 1 is 1.06 bits per heavy atom. The van der Waals surface area contributed by atoms with E-state index in [0.717, 1.165) is 11.4 Å². The van der Waals surface area contributed by atoms with Gasteiger partial charge in [-0.3, -0.25) is 0 Å². The summed E-state index contributed by atoms with van der Waals surface area (Å²) in [6.07, 6.45) is 0. The van der Waals surface area contributed by atoms with Crippen molar-refractivity contribution in [1.82, 2.24) is 0 Å². The van der Waals surface area contributed by atoms with Crippen LogP contribution in [0, 0.1) is 11.3 Å². The third-order valence-corrected chi connectivity index (χ3v) is 2.42. The second-order valence-corrected chi connectivity index (χ2v) is 3.91. The van der Waals surface area contributed by atoms with Crippen LogP contribution in [0.2, 0.25) is 0 Å². The van der Waals surface area contributed by atoms with Gasteiger partial charge in [0.2, 0.25) is 0 Å². The third-order valence-electron chi connectivity index (χ3n) is 2.42. The van der Waals surface area contributed by atoms with E-state index in [2.05, 4.69) is 11.4 Å². The molecule has 2 aromatic rings. The van der Waals surface area contributed by atoms with Crippen molar-refractivity contribution in [1.29, 1.82) is 5.26 Å². The lowest BCUT2D eigenvalue weighted by molar-refractivity contribution is 0.484. The van der Waals surface area contributed by atoms with Crippen molar-refractivity contribution in [2.75, 3.05) is 5.32 Å². The van der Waals surface area contributed by atoms with Crippen molar-refractivity contribution in [3.05, 3.63) is 54.6 Å². The van der Waals surface area contributed by atoms with Crippen LogP contribution in [0.15, 0.2) is 54.6 Å². The van der Waals surface area contributed by atoms with Crippen LogP contribution in [-0.2, 0) is 0 Å². The molecule has 0 spiro atoms. The first-order valence-corrected chi connectivity index (χ1v) is 5.77. The highest BCUT2D eigenvalue weighted by Gasteiger charge is 2.06. The zero-order valence-corrected chi connectivity index (χ0v) is 10.1. The van der Waals surface area contributed by atoms with Crippen molar-refractivity contribution < 1.29 is 4.74 Å². The topological polar surface area (TPSA) is 45.0 Å². The van der Waals surface area contributed by atoms with Gasteiger partial charge >= 0.3 is 0 Å². The van der Waals surface area contributed by atoms with Crippen LogP contribution in [0.25, 0.3) is 0 Å². The molecule has 0 saturated heterocycles. The van der Waals surface area contributed by atoms with E-state index in [0.29, 0.717) is 5.75 Å². The van der Waals surface area contributed by atoms with Crippen molar-refractivity contribution in [2.45, 2.75) is 13.0 Å². The molecule has 0 fully saturated rings. The summed E-state index contributed by atoms with van der Waals surface area (Å²) in [5, 5.41) is 11.9. The van der Waals surface area contributed by atoms with Crippen molar-refractivity contribution >= 4 is 5.69 Å². The molecule has 0 amide bonds. The van der Waals surface area contributed by atoms with Gasteiger partial charge in [-0.15, -0.1) is 0 Å². The van der Waals surface area contributed by atoms with E-state index in [9.17, 15) is 0 Å². The van der Waals surface area contributed by atoms with Crippen LogP contribution < -0.4 is 10.1 Å². The van der Waals surface area contributed by atoms with E-state index in [1.54, 1.807) is 6.92 Å². The molecule has 0 aliphatic heterocycles. The third kappa shape index (κ3) is 3.02. The summed E-state index contributed by atoms with van der Waals surface area (Å²) in [6, 6.07) is 19.0. The molecule has 0 aromatic heterocycles. The van der Waals surface area contributed by atoms with E-state index in [4.69, 9.17) is 10.00 Å². The molecular formula is C15H14N2O. The lowest BCUT2D eigenvalue weighted by Crippen LogP contribution is -2.12. The summed E-state index contributed by atoms with van der Waals surface area (Å²) < 4.78 is 5.78. The summed E-state index contributed by atoms with van der Waals surface area (Å²) in [5.41, 5.74) is 0.815. The van der Waals surface area contributed by atoms with Crippen LogP contribution in [0.1, 0.15) is 6.92 Å². The van der Waals surface area contributed by atoms with Crippen molar-refractivity contribution in [2.24, 2.45) is 0 Å². The minimum Gasteiger partial charge on any atom is -0.455 e. The molecule has 3 heteroatoms. The number of hydrogen-bond acceptors (Lipinski definition) is 3. The fourth-order valence-electron chi connectivity index (χ4n) is 1.56. The van der Waals surface area contributed by atoms with Crippen LogP contribution >= 0.6 is 0 Å². The largest absolute Gasteiger partial charge is 0.455 e. The number of nitrogens with one attached hydrogen (secondary N) is 1. The quantitative estimate of drug-likeness (QED) is 0.881. The van der Waals surface area contributed by atoms with Gasteiger partial charge in [-0.1, -0.05) is 30.3 Å². The number of nitrogens with zero attached hydrogens (tertiary/aromatic N) is 1. The maximum Gasteiger partial charge on any atom is 0.150 e. The smallest absolute Gasteiger partial charge is 0.150 e. The Labute approximate surface area is 107 Å². The number of nitriles is 1. The van der Waals surface area contributed by atoms with Gasteiger partial charge in [0, 0.05) is 0 Å². The Morgan fingerprint density at radius 3 is 2.44 bits per heavy atom. The Balaban J connectivity index is 2.20. The highest BCUT2D eigenvalue weighted by Crippen LogP contribution is 2.29. The number of hydrogen-bond donors (Lipinski definition) is 1. The van der Waals surface area contributed by atoms with E-state index in [1.165, 1.54) is 0 Å². The summed E-state index contributed by atoms with van der Waals surface area (Å²) in [7, 11) is 0. The summed E-state index contributed by atoms with van der Waals surface area (Å²) in [4.78, 5) is 0. The maximum absolute atomic E-state index is 8.82. The van der Waals surface area contributed by atoms with Gasteiger partial charge in [-0.2, -0.15) is 5.26 Å². The summed E-state index contributed by atoms with van der Waals surface area (Å²) in [5.74, 6) is 1.49. The van der Waals surface area contributed by atoms with Crippen molar-refractivity contribution in [3.63, 3.8) is 0 Å². The van der Waals surface area contributed by atoms with Gasteiger partial charge in [-0.05, 0) is 31.2 Å². The highest BCUT2D eigenvalue weighted by atomic mass is 16.5. The molecule has 18 heavy (non-hydrogen) atoms. The molecule has 0 bridgehead atoms. The Kier molecular flexibility index (Phi) is 3.83. The standard InChI is InChI=1S/C15H14N2O/c1-12(11-16)17-14-9-5-6-10-15(14)18-13-7-3-2-4-8-13/h2-10,12,17H,1H3. The lowest BCUT2D eigenvalue weighted by atomic mass is 10.2. The molecule has 2 rings (SSSR count). The van der Waals surface area contributed by atoms with Gasteiger partial charge in [0.25, 0.3) is 0 Å². The van der Waals surface area contributed by atoms with E-state index >= 15 is 0 Å². The molecule has 90 valence electrons. The normalized spacial score (nSPS) is 11.3. The average molecular weight is 238 g/mol. The lowest BCUT2D eigenvalue weighted by Gasteiger charge is -2.13. The number of benzene rings is 2. The van der Waals surface area contributed by atoms with Crippen LogP contribution in [0.3, 0.4) is 0 Å². The average Bonchev–Trinajstić information content (AvgIpc) is 2.42. The molecule has 1 unspecified atom stereocenters. The van der Waals surface area contributed by atoms with Gasteiger partial charge in [0.15, 0.2) is 5.75 Å². The van der Waals surface area contributed by atoms with Gasteiger partial charge in [0.1, 0.15) is 11.8 Å². The molecular weight excluding hydrogens is 224 g/mol. The Hall–Kier alpha value is -2.47. The number of para-hydroxylation sites is 3. The predicted molar refractivity (Wildman–Crippen MR) is 71.7 cm³/mol. The second kappa shape index (κ2) is 5.74. The monoisotopic (exact) mass is 238 g/mol. The fraction of sp³-hybridized carbons (Fsp3) is 0.133. The van der Waals surface area contributed by atoms with Gasteiger partial charge in [-0.25, -0.2) is 0 Å². The predicted octanol–water partition coefficient (Wildman–Crippen LogP) is 3.80. The molecule has 0 heterocycles. The second-order valence-electron chi connectivity index (χ2n) is 3.91. The zero-order chi connectivity index (χ0) is 12.8. The molecule has 0 radical (unpaired) electrons. The molecule has 3 nitrogen and oxygen atoms in total. The van der Waals surface area contributed by atoms with E-state index in [-0.39, 0.29) is 6.04 Å². The van der Waals surface area contributed by atoms with Gasteiger partial charge < -0.3 is 10.1 Å². The maximum atomic E-state index is 8.82. The van der Waals surface area contributed by atoms with Gasteiger partial charge in [0.05, 0.1) is 11.8 Å². The highest BCUT2D eigenvalue weighted by molar-refractivity contribution is 5.58. The number of anilines is 1. The Bertz CT molecular complexity index is 546. The van der Waals surface area contributed by atoms with E-state index < -0.39 is 0 Å². The molecule has 0 aliphatic rings. The van der Waals surface area contributed by atoms with E-state index in [1.807, 2.05) is 54.6 Å². The number of rotatable bonds is 4. The first-order valence-electron chi connectivity index (χ1n) is 5.77. The molecule has 0 aliphatic carbocycles. The zero-order valence-electron chi connectivity index (χ0n) is 10.1. The molecule has 0 saturated carbocycles. The minimum absolute atomic E-state index is 0.259. The minimum atomic E-state index is -0.259.